The summed E-state index contributed by atoms with van der Waals surface area (Å²) < 4.78 is 34.7. The summed E-state index contributed by atoms with van der Waals surface area (Å²) in [5, 5.41) is 0. The third-order valence-electron chi connectivity index (χ3n) is 11.6. The van der Waals surface area contributed by atoms with E-state index in [1.807, 2.05) is 0 Å². The molecule has 0 spiro atoms. The quantitative estimate of drug-likeness (QED) is 0.138. The molecule has 1 heterocycles. The number of fused-ring (bicyclic) bond motifs is 1. The van der Waals surface area contributed by atoms with Gasteiger partial charge in [-0.1, -0.05) is 76.8 Å². The molecule has 286 valence electrons. The molecule has 4 rings (SSSR count). The fourth-order valence-corrected chi connectivity index (χ4v) is 9.25. The van der Waals surface area contributed by atoms with Gasteiger partial charge in [-0.25, -0.2) is 0 Å². The summed E-state index contributed by atoms with van der Waals surface area (Å²) in [5.41, 5.74) is 4.05. The summed E-state index contributed by atoms with van der Waals surface area (Å²) in [5.74, 6) is 0.278. The number of hydrogen-bond donors (Lipinski definition) is 0. The first-order chi connectivity index (χ1) is 24.1. The minimum Gasteiger partial charge on any atom is -0.463 e. The Balaban J connectivity index is 1.53. The van der Waals surface area contributed by atoms with Gasteiger partial charge >= 0.3 is 23.9 Å². The fraction of sp³-hybridized carbons (Fsp3) is 0.756. The van der Waals surface area contributed by atoms with Crippen LogP contribution >= 0.6 is 0 Å². The second kappa shape index (κ2) is 18.2. The monoisotopic (exact) mass is 714 g/mol. The number of esters is 4. The van der Waals surface area contributed by atoms with Gasteiger partial charge in [0, 0.05) is 27.7 Å². The van der Waals surface area contributed by atoms with Crippen molar-refractivity contribution in [2.24, 2.45) is 29.1 Å². The second-order valence-corrected chi connectivity index (χ2v) is 16.0. The van der Waals surface area contributed by atoms with Crippen molar-refractivity contribution in [1.29, 1.82) is 0 Å². The number of carbonyl (C=O) groups excluding carboxylic acids is 4. The lowest BCUT2D eigenvalue weighted by Crippen LogP contribution is -2.63. The van der Waals surface area contributed by atoms with Crippen LogP contribution in [-0.4, -0.2) is 67.3 Å². The van der Waals surface area contributed by atoms with Gasteiger partial charge in [-0.2, -0.15) is 0 Å². The van der Waals surface area contributed by atoms with Crippen molar-refractivity contribution in [2.75, 3.05) is 6.61 Å². The van der Waals surface area contributed by atoms with Gasteiger partial charge in [0.15, 0.2) is 24.6 Å². The van der Waals surface area contributed by atoms with E-state index in [1.165, 1.54) is 72.6 Å². The highest BCUT2D eigenvalue weighted by atomic mass is 16.7. The van der Waals surface area contributed by atoms with Crippen molar-refractivity contribution in [2.45, 2.75) is 163 Å². The molecule has 51 heavy (non-hydrogen) atoms. The average Bonchev–Trinajstić information content (AvgIpc) is 3.40. The van der Waals surface area contributed by atoms with Crippen molar-refractivity contribution in [3.63, 3.8) is 0 Å². The zero-order valence-corrected chi connectivity index (χ0v) is 32.2. The van der Waals surface area contributed by atoms with Gasteiger partial charge in [-0.3, -0.25) is 19.2 Å². The molecule has 0 aromatic rings. The third kappa shape index (κ3) is 10.8. The molecule has 10 nitrogen and oxygen atoms in total. The Labute approximate surface area is 305 Å². The Hall–Kier alpha value is -2.98. The van der Waals surface area contributed by atoms with E-state index in [2.05, 4.69) is 46.4 Å². The molecule has 0 N–H and O–H groups in total. The number of ether oxygens (including phenoxy) is 6. The summed E-state index contributed by atoms with van der Waals surface area (Å²) in [4.78, 5) is 48.3. The molecule has 0 unspecified atom stereocenters. The Bertz CT molecular complexity index is 1330. The van der Waals surface area contributed by atoms with Crippen LogP contribution in [0.4, 0.5) is 0 Å². The Morgan fingerprint density at radius 2 is 1.53 bits per heavy atom. The molecule has 1 aliphatic heterocycles. The Morgan fingerprint density at radius 1 is 0.863 bits per heavy atom. The van der Waals surface area contributed by atoms with Gasteiger partial charge in [-0.05, 0) is 86.0 Å². The maximum Gasteiger partial charge on any atom is 0.303 e. The van der Waals surface area contributed by atoms with Crippen molar-refractivity contribution in [1.82, 2.24) is 0 Å². The smallest absolute Gasteiger partial charge is 0.303 e. The van der Waals surface area contributed by atoms with Gasteiger partial charge in [0.05, 0.1) is 6.10 Å². The van der Waals surface area contributed by atoms with E-state index in [-0.39, 0.29) is 12.7 Å². The molecule has 3 aliphatic carbocycles. The van der Waals surface area contributed by atoms with Crippen LogP contribution < -0.4 is 0 Å². The summed E-state index contributed by atoms with van der Waals surface area (Å²) >= 11 is 0. The minimum atomic E-state index is -1.26. The van der Waals surface area contributed by atoms with Gasteiger partial charge in [0.25, 0.3) is 0 Å². The predicted molar refractivity (Wildman–Crippen MR) is 192 cm³/mol. The maximum absolute atomic E-state index is 12.3. The van der Waals surface area contributed by atoms with Crippen LogP contribution in [0.2, 0.25) is 0 Å². The lowest BCUT2D eigenvalue weighted by Gasteiger charge is -2.45. The lowest BCUT2D eigenvalue weighted by molar-refractivity contribution is -0.317. The standard InChI is InChI=1S/C41H62O10/c1-24(2)12-10-13-26(4)34-19-20-35-31(14-11-21-41(34,35)9)16-17-32-22-33(18-15-25(32)3)50-40-39(49-30(8)45)38(48-29(7)44)37(47-28(6)43)36(51-40)23-46-27(5)42/h16-17,24,26,33-40H,3,10-15,18-23H2,1-2,4-9H3/b31-16+,32-17-/t26-,33+,34-,35+,36-,37-,38+,39-,40-,41-/m1/s1. The predicted octanol–water partition coefficient (Wildman–Crippen LogP) is 7.73. The first-order valence-electron chi connectivity index (χ1n) is 19.1. The zero-order valence-electron chi connectivity index (χ0n) is 32.2. The largest absolute Gasteiger partial charge is 0.463 e. The van der Waals surface area contributed by atoms with E-state index in [1.54, 1.807) is 5.57 Å². The van der Waals surface area contributed by atoms with E-state index < -0.39 is 54.6 Å². The van der Waals surface area contributed by atoms with Crippen molar-refractivity contribution >= 4 is 23.9 Å². The van der Waals surface area contributed by atoms with Crippen molar-refractivity contribution in [3.8, 4) is 0 Å². The van der Waals surface area contributed by atoms with E-state index >= 15 is 0 Å². The second-order valence-electron chi connectivity index (χ2n) is 16.0. The number of carbonyl (C=O) groups is 4. The summed E-state index contributed by atoms with van der Waals surface area (Å²) in [6.45, 7) is 18.6. The van der Waals surface area contributed by atoms with Crippen LogP contribution in [0.3, 0.4) is 0 Å². The topological polar surface area (TPSA) is 124 Å². The molecular formula is C41H62O10. The molecule has 0 aromatic heterocycles. The molecule has 10 heteroatoms. The minimum absolute atomic E-state index is 0.296. The highest BCUT2D eigenvalue weighted by molar-refractivity contribution is 5.68. The molecule has 4 aliphatic rings. The highest BCUT2D eigenvalue weighted by Crippen LogP contribution is 2.60. The molecule has 0 aromatic carbocycles. The van der Waals surface area contributed by atoms with E-state index in [0.717, 1.165) is 35.3 Å². The number of allylic oxidation sites excluding steroid dienone is 4. The molecule has 0 bridgehead atoms. The third-order valence-corrected chi connectivity index (χ3v) is 11.6. The lowest BCUT2D eigenvalue weighted by atomic mass is 9.60. The van der Waals surface area contributed by atoms with Gasteiger partial charge < -0.3 is 28.4 Å². The fourth-order valence-electron chi connectivity index (χ4n) is 9.25. The maximum atomic E-state index is 12.3. The molecule has 1 saturated heterocycles. The van der Waals surface area contributed by atoms with Gasteiger partial charge in [0.2, 0.25) is 0 Å². The molecular weight excluding hydrogens is 652 g/mol. The van der Waals surface area contributed by atoms with E-state index in [0.29, 0.717) is 30.6 Å². The molecule has 4 fully saturated rings. The van der Waals surface area contributed by atoms with Gasteiger partial charge in [-0.15, -0.1) is 0 Å². The van der Waals surface area contributed by atoms with Crippen LogP contribution in [-0.2, 0) is 47.6 Å². The van der Waals surface area contributed by atoms with Crippen LogP contribution in [0, 0.1) is 29.1 Å². The van der Waals surface area contributed by atoms with Gasteiger partial charge in [0.1, 0.15) is 12.7 Å². The van der Waals surface area contributed by atoms with E-state index in [4.69, 9.17) is 28.4 Å². The Kier molecular flexibility index (Phi) is 14.5. The van der Waals surface area contributed by atoms with Crippen LogP contribution in [0.1, 0.15) is 126 Å². The van der Waals surface area contributed by atoms with E-state index in [9.17, 15) is 19.2 Å². The Morgan fingerprint density at radius 3 is 2.18 bits per heavy atom. The first-order valence-corrected chi connectivity index (χ1v) is 19.1. The zero-order chi connectivity index (χ0) is 37.5. The SMILES string of the molecule is C=C1CC[C@H](O[C@@H]2O[C@H](COC(C)=O)[C@@H](OC(C)=O)[C@H](OC(C)=O)[C@H]2OC(C)=O)C/C1=C/C=C1\CCC[C@]2(C)[C@@H]([C@H](C)CCCC(C)C)CC[C@@H]12. The van der Waals surface area contributed by atoms with Crippen LogP contribution in [0.25, 0.3) is 0 Å². The van der Waals surface area contributed by atoms with Crippen LogP contribution in [0.5, 0.6) is 0 Å². The average molecular weight is 715 g/mol. The number of rotatable bonds is 13. The van der Waals surface area contributed by atoms with Crippen LogP contribution in [0.15, 0.2) is 35.5 Å². The molecule has 3 saturated carbocycles. The number of hydrogen-bond acceptors (Lipinski definition) is 10. The summed E-state index contributed by atoms with van der Waals surface area (Å²) in [6.07, 6.45) is 10.3. The summed E-state index contributed by atoms with van der Waals surface area (Å²) in [7, 11) is 0. The normalized spacial score (nSPS) is 34.6. The summed E-state index contributed by atoms with van der Waals surface area (Å²) in [6, 6.07) is 0. The molecule has 10 atom stereocenters. The van der Waals surface area contributed by atoms with Crippen molar-refractivity contribution in [3.05, 3.63) is 35.5 Å². The highest BCUT2D eigenvalue weighted by Gasteiger charge is 2.54. The van der Waals surface area contributed by atoms with Crippen molar-refractivity contribution < 1.29 is 47.6 Å². The first kappa shape index (κ1) is 40.8. The molecule has 0 radical (unpaired) electrons. The molecule has 0 amide bonds.